The molecule has 0 spiro atoms. The number of rotatable bonds is 7. The lowest BCUT2D eigenvalue weighted by Crippen LogP contribution is -2.23. The van der Waals surface area contributed by atoms with E-state index >= 15 is 0 Å². The van der Waals surface area contributed by atoms with Crippen molar-refractivity contribution in [1.29, 1.82) is 0 Å². The normalized spacial score (nSPS) is 12.7. The van der Waals surface area contributed by atoms with E-state index < -0.39 is 22.1 Å². The van der Waals surface area contributed by atoms with Crippen molar-refractivity contribution in [2.24, 2.45) is 0 Å². The number of benzene rings is 1. The highest BCUT2D eigenvalue weighted by Crippen LogP contribution is 2.14. The molecule has 26 heavy (non-hydrogen) atoms. The third-order valence-electron chi connectivity index (χ3n) is 3.16. The van der Waals surface area contributed by atoms with Crippen LogP contribution in [0.25, 0.3) is 6.08 Å². The van der Waals surface area contributed by atoms with Gasteiger partial charge in [0.15, 0.2) is 6.10 Å². The first kappa shape index (κ1) is 19.8. The summed E-state index contributed by atoms with van der Waals surface area (Å²) in [6, 6.07) is 5.86. The first-order chi connectivity index (χ1) is 12.1. The summed E-state index contributed by atoms with van der Waals surface area (Å²) in [5.74, 6) is -1.03. The summed E-state index contributed by atoms with van der Waals surface area (Å²) < 4.78 is 29.7. The summed E-state index contributed by atoms with van der Waals surface area (Å²) >= 11 is 1.47. The Morgan fingerprint density at radius 2 is 1.92 bits per heavy atom. The number of nitrogens with one attached hydrogen (secondary N) is 1. The molecule has 0 saturated heterocycles. The maximum Gasteiger partial charge on any atom is 0.331 e. The number of hydrogen-bond donors (Lipinski definition) is 1. The van der Waals surface area contributed by atoms with Crippen LogP contribution in [0, 0.1) is 6.92 Å². The molecule has 2 rings (SSSR count). The zero-order valence-corrected chi connectivity index (χ0v) is 16.1. The Labute approximate surface area is 155 Å². The fourth-order valence-electron chi connectivity index (χ4n) is 2.03. The van der Waals surface area contributed by atoms with Gasteiger partial charge in [0.1, 0.15) is 0 Å². The third kappa shape index (κ3) is 6.08. The van der Waals surface area contributed by atoms with Crippen molar-refractivity contribution in [2.45, 2.75) is 20.0 Å². The van der Waals surface area contributed by atoms with Crippen LogP contribution >= 0.6 is 11.3 Å². The molecule has 0 radical (unpaired) electrons. The molecule has 0 aliphatic carbocycles. The Kier molecular flexibility index (Phi) is 6.27. The smallest absolute Gasteiger partial charge is 0.331 e. The number of ether oxygens (including phenoxy) is 1. The predicted octanol–water partition coefficient (Wildman–Crippen LogP) is 2.65. The van der Waals surface area contributed by atoms with E-state index in [0.29, 0.717) is 16.9 Å². The number of ketones is 1. The van der Waals surface area contributed by atoms with E-state index in [1.807, 2.05) is 6.92 Å². The molecule has 138 valence electrons. The van der Waals surface area contributed by atoms with E-state index in [0.717, 1.165) is 11.3 Å². The summed E-state index contributed by atoms with van der Waals surface area (Å²) in [4.78, 5) is 28.3. The number of sulfonamides is 1. The predicted molar refractivity (Wildman–Crippen MR) is 101 cm³/mol. The molecule has 1 N–H and O–H groups in total. The number of anilines is 1. The number of nitrogens with zero attached hydrogens (tertiary/aromatic N) is 1. The second-order valence-corrected chi connectivity index (χ2v) is 8.33. The molecule has 0 unspecified atom stereocenters. The molecule has 1 heterocycles. The monoisotopic (exact) mass is 394 g/mol. The van der Waals surface area contributed by atoms with Gasteiger partial charge in [-0.05, 0) is 44.2 Å². The Bertz CT molecular complexity index is 930. The number of carbonyl (C=O) groups excluding carboxylic acids is 2. The van der Waals surface area contributed by atoms with Crippen molar-refractivity contribution >= 4 is 44.9 Å². The fraction of sp³-hybridized carbons (Fsp3) is 0.235. The van der Waals surface area contributed by atoms with Gasteiger partial charge in [0, 0.05) is 22.7 Å². The van der Waals surface area contributed by atoms with Gasteiger partial charge in [-0.2, -0.15) is 0 Å². The van der Waals surface area contributed by atoms with E-state index in [2.05, 4.69) is 9.71 Å². The Morgan fingerprint density at radius 1 is 1.27 bits per heavy atom. The van der Waals surface area contributed by atoms with Crippen molar-refractivity contribution < 1.29 is 22.7 Å². The van der Waals surface area contributed by atoms with E-state index in [1.54, 1.807) is 5.38 Å². The maximum atomic E-state index is 12.3. The zero-order valence-electron chi connectivity index (χ0n) is 14.4. The molecule has 9 heteroatoms. The number of aryl methyl sites for hydroxylation is 1. The number of hydrogen-bond acceptors (Lipinski definition) is 7. The second kappa shape index (κ2) is 8.24. The third-order valence-corrected chi connectivity index (χ3v) is 4.56. The molecule has 1 aromatic carbocycles. The minimum absolute atomic E-state index is 0.309. The van der Waals surface area contributed by atoms with Crippen LogP contribution in [0.2, 0.25) is 0 Å². The van der Waals surface area contributed by atoms with Crippen LogP contribution in [0.5, 0.6) is 0 Å². The van der Waals surface area contributed by atoms with Crippen molar-refractivity contribution in [2.75, 3.05) is 11.0 Å². The van der Waals surface area contributed by atoms with E-state index in [4.69, 9.17) is 4.74 Å². The van der Waals surface area contributed by atoms with Crippen LogP contribution in [0.4, 0.5) is 5.69 Å². The van der Waals surface area contributed by atoms with Crippen LogP contribution in [-0.4, -0.2) is 37.5 Å². The molecule has 0 saturated carbocycles. The van der Waals surface area contributed by atoms with E-state index in [9.17, 15) is 18.0 Å². The topological polar surface area (TPSA) is 102 Å². The van der Waals surface area contributed by atoms with Gasteiger partial charge in [0.25, 0.3) is 0 Å². The van der Waals surface area contributed by atoms with Crippen LogP contribution in [0.3, 0.4) is 0 Å². The van der Waals surface area contributed by atoms with Gasteiger partial charge in [-0.1, -0.05) is 0 Å². The van der Waals surface area contributed by atoms with Gasteiger partial charge in [0.2, 0.25) is 15.8 Å². The van der Waals surface area contributed by atoms with Crippen LogP contribution in [-0.2, 0) is 19.6 Å². The average molecular weight is 394 g/mol. The van der Waals surface area contributed by atoms with Crippen molar-refractivity contribution in [3.8, 4) is 0 Å². The number of Topliss-reactive ketones (excluding diaryl/α,β-unsaturated/α-hetero) is 1. The summed E-state index contributed by atoms with van der Waals surface area (Å²) in [6.45, 7) is 3.33. The molecule has 0 fully saturated rings. The highest BCUT2D eigenvalue weighted by Gasteiger charge is 2.18. The van der Waals surface area contributed by atoms with E-state index in [1.165, 1.54) is 54.7 Å². The molecule has 2 aromatic rings. The molecule has 0 aliphatic heterocycles. The van der Waals surface area contributed by atoms with E-state index in [-0.39, 0.29) is 5.78 Å². The van der Waals surface area contributed by atoms with Gasteiger partial charge in [-0.15, -0.1) is 11.3 Å². The Balaban J connectivity index is 1.96. The van der Waals surface area contributed by atoms with Crippen LogP contribution in [0.1, 0.15) is 28.0 Å². The number of thiazole rings is 1. The maximum absolute atomic E-state index is 12.3. The average Bonchev–Trinajstić information content (AvgIpc) is 2.97. The molecule has 1 aromatic heterocycles. The van der Waals surface area contributed by atoms with Crippen LogP contribution < -0.4 is 4.72 Å². The summed E-state index contributed by atoms with van der Waals surface area (Å²) in [6.07, 6.45) is 2.80. The quantitative estimate of drug-likeness (QED) is 0.440. The lowest BCUT2D eigenvalue weighted by Gasteiger charge is -2.11. The lowest BCUT2D eigenvalue weighted by atomic mass is 10.1. The second-order valence-electron chi connectivity index (χ2n) is 5.52. The first-order valence-electron chi connectivity index (χ1n) is 7.57. The lowest BCUT2D eigenvalue weighted by molar-refractivity contribution is -0.140. The number of carbonyl (C=O) groups is 2. The van der Waals surface area contributed by atoms with Crippen molar-refractivity contribution in [3.63, 3.8) is 0 Å². The summed E-state index contributed by atoms with van der Waals surface area (Å²) in [5.41, 5.74) is 1.30. The molecule has 1 atom stereocenters. The standard InChI is InChI=1S/C17H18N2O5S2/c1-11(24-16(20)9-8-15-10-25-12(2)18-15)17(21)13-4-6-14(7-5-13)19-26(3,22)23/h4-11,19H,1-3H3/b9-8+/t11-/m0/s1. The van der Waals surface area contributed by atoms with Gasteiger partial charge < -0.3 is 4.74 Å². The minimum atomic E-state index is -3.39. The molecule has 0 aliphatic rings. The van der Waals surface area contributed by atoms with Crippen molar-refractivity contribution in [3.05, 3.63) is 52.0 Å². The Morgan fingerprint density at radius 3 is 2.46 bits per heavy atom. The first-order valence-corrected chi connectivity index (χ1v) is 10.3. The van der Waals surface area contributed by atoms with Gasteiger partial charge in [-0.3, -0.25) is 9.52 Å². The molecule has 0 amide bonds. The molecule has 7 nitrogen and oxygen atoms in total. The molecule has 0 bridgehead atoms. The SMILES string of the molecule is Cc1nc(/C=C/C(=O)O[C@@H](C)C(=O)c2ccc(NS(C)(=O)=O)cc2)cs1. The largest absolute Gasteiger partial charge is 0.451 e. The zero-order chi connectivity index (χ0) is 19.3. The number of esters is 1. The van der Waals surface area contributed by atoms with Crippen LogP contribution in [0.15, 0.2) is 35.7 Å². The summed E-state index contributed by atoms with van der Waals surface area (Å²) in [5, 5.41) is 2.69. The summed E-state index contributed by atoms with van der Waals surface area (Å²) in [7, 11) is -3.39. The minimum Gasteiger partial charge on any atom is -0.451 e. The van der Waals surface area contributed by atoms with Gasteiger partial charge in [0.05, 0.1) is 17.0 Å². The highest BCUT2D eigenvalue weighted by atomic mass is 32.2. The fourth-order valence-corrected chi connectivity index (χ4v) is 3.17. The molecular weight excluding hydrogens is 376 g/mol. The van der Waals surface area contributed by atoms with Crippen molar-refractivity contribution in [1.82, 2.24) is 4.98 Å². The van der Waals surface area contributed by atoms with Gasteiger partial charge >= 0.3 is 5.97 Å². The highest BCUT2D eigenvalue weighted by molar-refractivity contribution is 7.92. The van der Waals surface area contributed by atoms with Gasteiger partial charge in [-0.25, -0.2) is 18.2 Å². The Hall–Kier alpha value is -2.52. The molecular formula is C17H18N2O5S2. The number of aromatic nitrogens is 1.